The van der Waals surface area contributed by atoms with Crippen molar-refractivity contribution in [1.29, 1.82) is 0 Å². The van der Waals surface area contributed by atoms with Crippen LogP contribution in [0.15, 0.2) is 24.3 Å². The molecule has 0 amide bonds. The van der Waals surface area contributed by atoms with Crippen molar-refractivity contribution >= 4 is 11.6 Å². The molecule has 1 aliphatic heterocycles. The average Bonchev–Trinajstić information content (AvgIpc) is 3.01. The molecule has 0 spiro atoms. The molecule has 0 radical (unpaired) electrons. The summed E-state index contributed by atoms with van der Waals surface area (Å²) < 4.78 is 5.77. The van der Waals surface area contributed by atoms with E-state index in [-0.39, 0.29) is 11.0 Å². The predicted octanol–water partition coefficient (Wildman–Crippen LogP) is 4.72. The minimum atomic E-state index is 0.0909. The van der Waals surface area contributed by atoms with E-state index in [0.717, 1.165) is 24.5 Å². The van der Waals surface area contributed by atoms with Gasteiger partial charge >= 0.3 is 0 Å². The largest absolute Gasteiger partial charge is 0.369 e. The second-order valence-corrected chi connectivity index (χ2v) is 7.04. The molecule has 100 valence electrons. The van der Waals surface area contributed by atoms with Crippen LogP contribution in [0.2, 0.25) is 5.02 Å². The Hall–Kier alpha value is -0.530. The van der Waals surface area contributed by atoms with E-state index in [1.165, 1.54) is 5.56 Å². The van der Waals surface area contributed by atoms with Crippen LogP contribution in [-0.2, 0) is 11.2 Å². The summed E-state index contributed by atoms with van der Waals surface area (Å²) in [6, 6.07) is 8.13. The van der Waals surface area contributed by atoms with Gasteiger partial charge in [0.1, 0.15) is 0 Å². The highest BCUT2D eigenvalue weighted by molar-refractivity contribution is 6.31. The molecule has 1 aliphatic rings. The minimum absolute atomic E-state index is 0.0909. The van der Waals surface area contributed by atoms with Gasteiger partial charge in [-0.2, -0.15) is 0 Å². The lowest BCUT2D eigenvalue weighted by Crippen LogP contribution is -2.32. The summed E-state index contributed by atoms with van der Waals surface area (Å²) in [4.78, 5) is 0. The van der Waals surface area contributed by atoms with E-state index < -0.39 is 0 Å². The maximum atomic E-state index is 6.21. The van der Waals surface area contributed by atoms with Gasteiger partial charge in [-0.25, -0.2) is 0 Å². The molecule has 18 heavy (non-hydrogen) atoms. The van der Waals surface area contributed by atoms with Crippen LogP contribution >= 0.6 is 11.6 Å². The van der Waals surface area contributed by atoms with Crippen LogP contribution in [0.3, 0.4) is 0 Å². The number of benzene rings is 1. The molecule has 2 heteroatoms. The van der Waals surface area contributed by atoms with Crippen molar-refractivity contribution < 1.29 is 4.74 Å². The van der Waals surface area contributed by atoms with Crippen LogP contribution in [0.25, 0.3) is 0 Å². The monoisotopic (exact) mass is 266 g/mol. The number of halogens is 1. The molecule has 1 heterocycles. The van der Waals surface area contributed by atoms with Gasteiger partial charge in [-0.05, 0) is 35.8 Å². The van der Waals surface area contributed by atoms with Gasteiger partial charge in [0.05, 0.1) is 12.2 Å². The molecule has 1 fully saturated rings. The Morgan fingerprint density at radius 2 is 1.94 bits per heavy atom. The Labute approximate surface area is 115 Å². The second kappa shape index (κ2) is 4.86. The number of rotatable bonds is 4. The number of hydrogen-bond acceptors (Lipinski definition) is 1. The zero-order valence-corrected chi connectivity index (χ0v) is 12.6. The topological polar surface area (TPSA) is 12.5 Å². The molecule has 0 aromatic heterocycles. The summed E-state index contributed by atoms with van der Waals surface area (Å²) in [5.74, 6) is 0.589. The van der Waals surface area contributed by atoms with Crippen molar-refractivity contribution in [2.24, 2.45) is 11.3 Å². The number of hydrogen-bond donors (Lipinski definition) is 0. The Bertz CT molecular complexity index is 415. The highest BCUT2D eigenvalue weighted by atomic mass is 35.5. The first kappa shape index (κ1) is 13.9. The molecular formula is C16H23ClO. The quantitative estimate of drug-likeness (QED) is 0.718. The molecule has 1 aromatic rings. The van der Waals surface area contributed by atoms with Gasteiger partial charge in [0, 0.05) is 5.02 Å². The summed E-state index contributed by atoms with van der Waals surface area (Å²) >= 11 is 6.21. The Balaban J connectivity index is 1.98. The molecule has 1 aromatic carbocycles. The normalized spacial score (nSPS) is 24.9. The standard InChI is InChI=1S/C16H23ClO/c1-12(9-13-7-5-6-8-14(13)17)10-16(11-18-16)15(2,3)4/h5-8,12H,9-11H2,1-4H3. The van der Waals surface area contributed by atoms with Gasteiger partial charge in [0.25, 0.3) is 0 Å². The molecule has 0 aliphatic carbocycles. The molecule has 0 bridgehead atoms. The first-order valence-corrected chi connectivity index (χ1v) is 7.09. The van der Waals surface area contributed by atoms with Crippen molar-refractivity contribution in [2.75, 3.05) is 6.61 Å². The number of epoxide rings is 1. The number of ether oxygens (including phenoxy) is 1. The van der Waals surface area contributed by atoms with E-state index in [0.29, 0.717) is 5.92 Å². The molecule has 2 unspecified atom stereocenters. The fourth-order valence-corrected chi connectivity index (χ4v) is 2.83. The van der Waals surface area contributed by atoms with E-state index >= 15 is 0 Å². The van der Waals surface area contributed by atoms with Crippen LogP contribution in [0.5, 0.6) is 0 Å². The van der Waals surface area contributed by atoms with E-state index in [1.54, 1.807) is 0 Å². The van der Waals surface area contributed by atoms with Gasteiger partial charge < -0.3 is 4.74 Å². The Kier molecular flexibility index (Phi) is 3.75. The third-order valence-corrected chi connectivity index (χ3v) is 4.43. The lowest BCUT2D eigenvalue weighted by Gasteiger charge is -2.30. The SMILES string of the molecule is CC(Cc1ccccc1Cl)CC1(C(C)(C)C)CO1. The first-order valence-electron chi connectivity index (χ1n) is 6.71. The lowest BCUT2D eigenvalue weighted by molar-refractivity contribution is 0.127. The van der Waals surface area contributed by atoms with Crippen LogP contribution in [0.4, 0.5) is 0 Å². The van der Waals surface area contributed by atoms with Gasteiger partial charge in [-0.15, -0.1) is 0 Å². The fourth-order valence-electron chi connectivity index (χ4n) is 2.62. The molecule has 1 nitrogen and oxygen atoms in total. The smallest absolute Gasteiger partial charge is 0.0967 e. The van der Waals surface area contributed by atoms with Crippen molar-refractivity contribution in [2.45, 2.75) is 46.1 Å². The van der Waals surface area contributed by atoms with Crippen LogP contribution in [0, 0.1) is 11.3 Å². The van der Waals surface area contributed by atoms with Gasteiger partial charge in [-0.3, -0.25) is 0 Å². The Morgan fingerprint density at radius 3 is 2.44 bits per heavy atom. The Morgan fingerprint density at radius 1 is 1.33 bits per heavy atom. The van der Waals surface area contributed by atoms with Crippen LogP contribution in [0.1, 0.15) is 39.7 Å². The van der Waals surface area contributed by atoms with Gasteiger partial charge in [0.2, 0.25) is 0 Å². The summed E-state index contributed by atoms with van der Waals surface area (Å²) in [6.45, 7) is 9.99. The zero-order valence-electron chi connectivity index (χ0n) is 11.8. The predicted molar refractivity (Wildman–Crippen MR) is 77.1 cm³/mol. The van der Waals surface area contributed by atoms with Crippen LogP contribution < -0.4 is 0 Å². The zero-order chi connectivity index (χ0) is 13.4. The van der Waals surface area contributed by atoms with Gasteiger partial charge in [0.15, 0.2) is 0 Å². The fraction of sp³-hybridized carbons (Fsp3) is 0.625. The van der Waals surface area contributed by atoms with Crippen molar-refractivity contribution in [3.63, 3.8) is 0 Å². The highest BCUT2D eigenvalue weighted by Crippen LogP contribution is 2.48. The average molecular weight is 267 g/mol. The molecular weight excluding hydrogens is 244 g/mol. The summed E-state index contributed by atoms with van der Waals surface area (Å²) in [7, 11) is 0. The minimum Gasteiger partial charge on any atom is -0.369 e. The second-order valence-electron chi connectivity index (χ2n) is 6.64. The molecule has 2 atom stereocenters. The van der Waals surface area contributed by atoms with E-state index in [1.807, 2.05) is 12.1 Å². The summed E-state index contributed by atoms with van der Waals surface area (Å²) in [6.07, 6.45) is 2.14. The van der Waals surface area contributed by atoms with Crippen molar-refractivity contribution in [3.05, 3.63) is 34.9 Å². The van der Waals surface area contributed by atoms with E-state index in [4.69, 9.17) is 16.3 Å². The van der Waals surface area contributed by atoms with Gasteiger partial charge in [-0.1, -0.05) is 57.5 Å². The molecule has 2 rings (SSSR count). The van der Waals surface area contributed by atoms with Crippen LogP contribution in [-0.4, -0.2) is 12.2 Å². The maximum Gasteiger partial charge on any atom is 0.0967 e. The first-order chi connectivity index (χ1) is 8.34. The molecule has 0 saturated carbocycles. The summed E-state index contributed by atoms with van der Waals surface area (Å²) in [5, 5.41) is 0.880. The highest BCUT2D eigenvalue weighted by Gasteiger charge is 2.54. The van der Waals surface area contributed by atoms with Crippen molar-refractivity contribution in [3.8, 4) is 0 Å². The summed E-state index contributed by atoms with van der Waals surface area (Å²) in [5.41, 5.74) is 1.56. The van der Waals surface area contributed by atoms with E-state index in [9.17, 15) is 0 Å². The maximum absolute atomic E-state index is 6.21. The third kappa shape index (κ3) is 2.89. The van der Waals surface area contributed by atoms with Crippen molar-refractivity contribution in [1.82, 2.24) is 0 Å². The molecule has 0 N–H and O–H groups in total. The molecule has 1 saturated heterocycles. The lowest BCUT2D eigenvalue weighted by atomic mass is 9.75. The van der Waals surface area contributed by atoms with E-state index in [2.05, 4.69) is 39.8 Å². The third-order valence-electron chi connectivity index (χ3n) is 4.06.